The Morgan fingerprint density at radius 2 is 2.12 bits per heavy atom. The molecule has 0 bridgehead atoms. The van der Waals surface area contributed by atoms with E-state index in [1.807, 2.05) is 4.57 Å². The van der Waals surface area contributed by atoms with Crippen LogP contribution in [0.2, 0.25) is 0 Å². The maximum Gasteiger partial charge on any atom is 0.152 e. The van der Waals surface area contributed by atoms with Gasteiger partial charge in [0.15, 0.2) is 5.82 Å². The van der Waals surface area contributed by atoms with Gasteiger partial charge in [-0.1, -0.05) is 12.1 Å². The molecule has 0 spiro atoms. The molecule has 1 aromatic carbocycles. The van der Waals surface area contributed by atoms with E-state index < -0.39 is 0 Å². The molecule has 0 fully saturated rings. The molecule has 0 aliphatic heterocycles. The molecule has 17 heavy (non-hydrogen) atoms. The first-order valence-electron chi connectivity index (χ1n) is 5.96. The van der Waals surface area contributed by atoms with E-state index in [9.17, 15) is 0 Å². The molecule has 0 unspecified atom stereocenters. The van der Waals surface area contributed by atoms with Gasteiger partial charge in [-0.3, -0.25) is 4.57 Å². The smallest absolute Gasteiger partial charge is 0.152 e. The predicted octanol–water partition coefficient (Wildman–Crippen LogP) is 2.88. The number of rotatable bonds is 2. The second-order valence-electron chi connectivity index (χ2n) is 4.37. The summed E-state index contributed by atoms with van der Waals surface area (Å²) >= 11 is 5.88. The molecule has 0 amide bonds. The SMILES string of the molecule is ClCc1nncn1-c1cccc2c1CCCC2. The lowest BCUT2D eigenvalue weighted by atomic mass is 9.90. The molecule has 0 N–H and O–H groups in total. The first-order chi connectivity index (χ1) is 8.40. The molecular weight excluding hydrogens is 234 g/mol. The third kappa shape index (κ3) is 1.84. The topological polar surface area (TPSA) is 30.7 Å². The average Bonchev–Trinajstić information content (AvgIpc) is 2.86. The summed E-state index contributed by atoms with van der Waals surface area (Å²) in [6, 6.07) is 6.46. The van der Waals surface area contributed by atoms with Crippen molar-refractivity contribution in [1.82, 2.24) is 14.8 Å². The van der Waals surface area contributed by atoms with Gasteiger partial charge in [0.2, 0.25) is 0 Å². The largest absolute Gasteiger partial charge is 0.284 e. The minimum Gasteiger partial charge on any atom is -0.284 e. The maximum atomic E-state index is 5.88. The quantitative estimate of drug-likeness (QED) is 0.764. The van der Waals surface area contributed by atoms with Crippen LogP contribution in [0, 0.1) is 0 Å². The molecule has 1 aromatic heterocycles. The molecule has 0 atom stereocenters. The zero-order valence-corrected chi connectivity index (χ0v) is 10.3. The number of halogens is 1. The molecule has 4 heteroatoms. The number of aryl methyl sites for hydroxylation is 1. The summed E-state index contributed by atoms with van der Waals surface area (Å²) in [5.41, 5.74) is 4.09. The lowest BCUT2D eigenvalue weighted by Gasteiger charge is -2.19. The summed E-state index contributed by atoms with van der Waals surface area (Å²) in [7, 11) is 0. The van der Waals surface area contributed by atoms with Crippen molar-refractivity contribution in [1.29, 1.82) is 0 Å². The minimum atomic E-state index is 0.393. The summed E-state index contributed by atoms with van der Waals surface area (Å²) in [6.45, 7) is 0. The van der Waals surface area contributed by atoms with Crippen molar-refractivity contribution in [3.05, 3.63) is 41.5 Å². The Kier molecular flexibility index (Phi) is 2.85. The Balaban J connectivity index is 2.14. The van der Waals surface area contributed by atoms with Crippen LogP contribution in [0.5, 0.6) is 0 Å². The fraction of sp³-hybridized carbons (Fsp3) is 0.385. The van der Waals surface area contributed by atoms with Crippen molar-refractivity contribution in [3.63, 3.8) is 0 Å². The van der Waals surface area contributed by atoms with Crippen LogP contribution in [0.15, 0.2) is 24.5 Å². The molecule has 2 aromatic rings. The molecule has 3 rings (SSSR count). The molecule has 0 saturated heterocycles. The van der Waals surface area contributed by atoms with Crippen molar-refractivity contribution in [2.24, 2.45) is 0 Å². The lowest BCUT2D eigenvalue weighted by molar-refractivity contribution is 0.680. The summed E-state index contributed by atoms with van der Waals surface area (Å²) in [5, 5.41) is 7.99. The first-order valence-corrected chi connectivity index (χ1v) is 6.49. The highest BCUT2D eigenvalue weighted by molar-refractivity contribution is 6.16. The van der Waals surface area contributed by atoms with Crippen LogP contribution < -0.4 is 0 Å². The zero-order chi connectivity index (χ0) is 11.7. The van der Waals surface area contributed by atoms with Crippen LogP contribution in [0.1, 0.15) is 29.8 Å². The van der Waals surface area contributed by atoms with Gasteiger partial charge in [-0.05, 0) is 42.9 Å². The van der Waals surface area contributed by atoms with Crippen LogP contribution >= 0.6 is 11.6 Å². The summed E-state index contributed by atoms with van der Waals surface area (Å²) in [4.78, 5) is 0. The molecule has 0 saturated carbocycles. The predicted molar refractivity (Wildman–Crippen MR) is 67.6 cm³/mol. The highest BCUT2D eigenvalue weighted by Gasteiger charge is 2.15. The highest BCUT2D eigenvalue weighted by Crippen LogP contribution is 2.27. The molecule has 0 radical (unpaired) electrons. The van der Waals surface area contributed by atoms with Crippen LogP contribution in [-0.4, -0.2) is 14.8 Å². The summed E-state index contributed by atoms with van der Waals surface area (Å²) < 4.78 is 2.01. The van der Waals surface area contributed by atoms with E-state index in [-0.39, 0.29) is 0 Å². The third-order valence-corrected chi connectivity index (χ3v) is 3.61. The average molecular weight is 248 g/mol. The van der Waals surface area contributed by atoms with Gasteiger partial charge in [0.1, 0.15) is 6.33 Å². The van der Waals surface area contributed by atoms with Crippen molar-refractivity contribution in [2.75, 3.05) is 0 Å². The summed E-state index contributed by atoms with van der Waals surface area (Å²) in [6.07, 6.45) is 6.64. The van der Waals surface area contributed by atoms with E-state index in [4.69, 9.17) is 11.6 Å². The van der Waals surface area contributed by atoms with Gasteiger partial charge in [-0.15, -0.1) is 21.8 Å². The number of benzene rings is 1. The third-order valence-electron chi connectivity index (χ3n) is 3.37. The first kappa shape index (κ1) is 10.8. The summed E-state index contributed by atoms with van der Waals surface area (Å²) in [5.74, 6) is 1.20. The van der Waals surface area contributed by atoms with Crippen LogP contribution in [0.3, 0.4) is 0 Å². The normalized spacial score (nSPS) is 14.6. The van der Waals surface area contributed by atoms with Gasteiger partial charge in [-0.2, -0.15) is 0 Å². The molecular formula is C13H14ClN3. The Morgan fingerprint density at radius 1 is 1.24 bits per heavy atom. The Labute approximate surface area is 105 Å². The number of alkyl halides is 1. The van der Waals surface area contributed by atoms with Crippen LogP contribution in [0.4, 0.5) is 0 Å². The number of hydrogen-bond acceptors (Lipinski definition) is 2. The lowest BCUT2D eigenvalue weighted by Crippen LogP contribution is -2.09. The van der Waals surface area contributed by atoms with Crippen molar-refractivity contribution in [3.8, 4) is 5.69 Å². The highest BCUT2D eigenvalue weighted by atomic mass is 35.5. The molecule has 1 heterocycles. The zero-order valence-electron chi connectivity index (χ0n) is 9.56. The fourth-order valence-electron chi connectivity index (χ4n) is 2.54. The Bertz CT molecular complexity index is 533. The van der Waals surface area contributed by atoms with E-state index >= 15 is 0 Å². The Morgan fingerprint density at radius 3 is 3.00 bits per heavy atom. The van der Waals surface area contributed by atoms with E-state index in [0.717, 1.165) is 12.2 Å². The number of aromatic nitrogens is 3. The molecule has 1 aliphatic rings. The fourth-order valence-corrected chi connectivity index (χ4v) is 2.72. The van der Waals surface area contributed by atoms with Crippen LogP contribution in [0.25, 0.3) is 5.69 Å². The van der Waals surface area contributed by atoms with E-state index in [1.54, 1.807) is 6.33 Å². The van der Waals surface area contributed by atoms with Gasteiger partial charge >= 0.3 is 0 Å². The van der Waals surface area contributed by atoms with E-state index in [0.29, 0.717) is 5.88 Å². The van der Waals surface area contributed by atoms with Crippen molar-refractivity contribution in [2.45, 2.75) is 31.6 Å². The maximum absolute atomic E-state index is 5.88. The minimum absolute atomic E-state index is 0.393. The van der Waals surface area contributed by atoms with E-state index in [2.05, 4.69) is 28.4 Å². The molecule has 3 nitrogen and oxygen atoms in total. The monoisotopic (exact) mass is 247 g/mol. The molecule has 1 aliphatic carbocycles. The van der Waals surface area contributed by atoms with Crippen molar-refractivity contribution < 1.29 is 0 Å². The van der Waals surface area contributed by atoms with Crippen LogP contribution in [-0.2, 0) is 18.7 Å². The number of fused-ring (bicyclic) bond motifs is 1. The number of hydrogen-bond donors (Lipinski definition) is 0. The second kappa shape index (κ2) is 4.49. The van der Waals surface area contributed by atoms with Crippen molar-refractivity contribution >= 4 is 11.6 Å². The number of nitrogens with zero attached hydrogens (tertiary/aromatic N) is 3. The van der Waals surface area contributed by atoms with Gasteiger partial charge < -0.3 is 0 Å². The standard InChI is InChI=1S/C13H14ClN3/c14-8-13-16-15-9-17(13)12-7-3-5-10-4-1-2-6-11(10)12/h3,5,7,9H,1-2,4,6,8H2. The van der Waals surface area contributed by atoms with Gasteiger partial charge in [0.05, 0.1) is 11.6 Å². The van der Waals surface area contributed by atoms with Gasteiger partial charge in [-0.25, -0.2) is 0 Å². The van der Waals surface area contributed by atoms with E-state index in [1.165, 1.54) is 36.1 Å². The van der Waals surface area contributed by atoms with Gasteiger partial charge in [0, 0.05) is 0 Å². The molecule has 88 valence electrons. The Hall–Kier alpha value is -1.35. The van der Waals surface area contributed by atoms with Gasteiger partial charge in [0.25, 0.3) is 0 Å². The second-order valence-corrected chi connectivity index (χ2v) is 4.64.